The molecule has 0 spiro atoms. The van der Waals surface area contributed by atoms with Crippen LogP contribution in [-0.2, 0) is 0 Å². The van der Waals surface area contributed by atoms with Crippen molar-refractivity contribution in [2.24, 2.45) is 0 Å². The minimum Gasteiger partial charge on any atom is -0.490 e. The highest BCUT2D eigenvalue weighted by molar-refractivity contribution is 6.32. The van der Waals surface area contributed by atoms with Gasteiger partial charge >= 0.3 is 5.97 Å². The smallest absolute Gasteiger partial charge is 0.375 e. The van der Waals surface area contributed by atoms with Crippen LogP contribution < -0.4 is 9.47 Å². The Kier molecular flexibility index (Phi) is 4.86. The SMILES string of the molecule is Cc1cc(OCCOc2c(C(=O)O)oc3ccccc23)cc(C)c1Cl. The molecule has 1 heterocycles. The lowest BCUT2D eigenvalue weighted by Crippen LogP contribution is -2.10. The van der Waals surface area contributed by atoms with Crippen LogP contribution in [0.5, 0.6) is 11.5 Å². The third kappa shape index (κ3) is 3.56. The summed E-state index contributed by atoms with van der Waals surface area (Å²) >= 11 is 6.13. The molecule has 0 aliphatic rings. The number of hydrogen-bond acceptors (Lipinski definition) is 4. The van der Waals surface area contributed by atoms with Crippen molar-refractivity contribution in [3.63, 3.8) is 0 Å². The number of aryl methyl sites for hydroxylation is 2. The van der Waals surface area contributed by atoms with Crippen LogP contribution >= 0.6 is 11.6 Å². The summed E-state index contributed by atoms with van der Waals surface area (Å²) in [5.41, 5.74) is 2.35. The number of furan rings is 1. The Hall–Kier alpha value is -2.66. The second-order valence-corrected chi connectivity index (χ2v) is 6.01. The van der Waals surface area contributed by atoms with Crippen molar-refractivity contribution in [2.45, 2.75) is 13.8 Å². The Balaban J connectivity index is 1.69. The van der Waals surface area contributed by atoms with Gasteiger partial charge in [-0.1, -0.05) is 23.7 Å². The van der Waals surface area contributed by atoms with Gasteiger partial charge in [-0.2, -0.15) is 0 Å². The van der Waals surface area contributed by atoms with Gasteiger partial charge in [-0.25, -0.2) is 4.79 Å². The molecule has 5 nitrogen and oxygen atoms in total. The Morgan fingerprint density at radius 1 is 1.12 bits per heavy atom. The Bertz CT molecular complexity index is 906. The molecule has 3 aromatic rings. The molecular formula is C19H17ClO5. The van der Waals surface area contributed by atoms with E-state index in [0.717, 1.165) is 16.1 Å². The fraction of sp³-hybridized carbons (Fsp3) is 0.211. The van der Waals surface area contributed by atoms with E-state index in [2.05, 4.69) is 0 Å². The van der Waals surface area contributed by atoms with Crippen molar-refractivity contribution < 1.29 is 23.8 Å². The number of benzene rings is 2. The van der Waals surface area contributed by atoms with Crippen LogP contribution in [0.4, 0.5) is 0 Å². The molecule has 0 saturated heterocycles. The minimum absolute atomic E-state index is 0.185. The summed E-state index contributed by atoms with van der Waals surface area (Å²) in [6.07, 6.45) is 0. The van der Waals surface area contributed by atoms with Gasteiger partial charge in [0.15, 0.2) is 5.75 Å². The molecule has 25 heavy (non-hydrogen) atoms. The summed E-state index contributed by atoms with van der Waals surface area (Å²) in [5.74, 6) is -0.468. The number of carbonyl (C=O) groups is 1. The third-order valence-corrected chi connectivity index (χ3v) is 4.35. The quantitative estimate of drug-likeness (QED) is 0.636. The second-order valence-electron chi connectivity index (χ2n) is 5.63. The fourth-order valence-corrected chi connectivity index (χ4v) is 2.71. The molecule has 0 amide bonds. The highest BCUT2D eigenvalue weighted by Crippen LogP contribution is 2.33. The van der Waals surface area contributed by atoms with E-state index < -0.39 is 5.97 Å². The summed E-state index contributed by atoms with van der Waals surface area (Å²) in [6.45, 7) is 4.27. The Morgan fingerprint density at radius 2 is 1.76 bits per heavy atom. The average Bonchev–Trinajstić information content (AvgIpc) is 2.95. The highest BCUT2D eigenvalue weighted by Gasteiger charge is 2.21. The van der Waals surface area contributed by atoms with Crippen molar-refractivity contribution in [2.75, 3.05) is 13.2 Å². The van der Waals surface area contributed by atoms with E-state index >= 15 is 0 Å². The standard InChI is InChI=1S/C19H17ClO5/c1-11-9-13(10-12(2)16(11)20)23-7-8-24-17-14-5-3-4-6-15(14)25-18(17)19(21)22/h3-6,9-10H,7-8H2,1-2H3,(H,21,22). The zero-order chi connectivity index (χ0) is 18.0. The Labute approximate surface area is 149 Å². The maximum atomic E-state index is 11.3. The van der Waals surface area contributed by atoms with Crippen LogP contribution in [0.25, 0.3) is 11.0 Å². The van der Waals surface area contributed by atoms with Crippen LogP contribution in [0.15, 0.2) is 40.8 Å². The normalized spacial score (nSPS) is 10.8. The van der Waals surface area contributed by atoms with Crippen molar-refractivity contribution in [3.05, 3.63) is 58.3 Å². The van der Waals surface area contributed by atoms with Gasteiger partial charge in [-0.05, 0) is 49.2 Å². The zero-order valence-corrected chi connectivity index (χ0v) is 14.6. The van der Waals surface area contributed by atoms with Crippen LogP contribution in [0.2, 0.25) is 5.02 Å². The van der Waals surface area contributed by atoms with E-state index in [1.54, 1.807) is 24.3 Å². The largest absolute Gasteiger partial charge is 0.490 e. The van der Waals surface area contributed by atoms with E-state index in [9.17, 15) is 9.90 Å². The lowest BCUT2D eigenvalue weighted by atomic mass is 10.1. The molecule has 1 aromatic heterocycles. The molecule has 0 unspecified atom stereocenters. The van der Waals surface area contributed by atoms with Gasteiger partial charge in [0, 0.05) is 5.02 Å². The highest BCUT2D eigenvalue weighted by atomic mass is 35.5. The minimum atomic E-state index is -1.17. The zero-order valence-electron chi connectivity index (χ0n) is 13.8. The van der Waals surface area contributed by atoms with E-state index in [1.807, 2.05) is 26.0 Å². The number of hydrogen-bond donors (Lipinski definition) is 1. The maximum absolute atomic E-state index is 11.3. The van der Waals surface area contributed by atoms with Gasteiger partial charge < -0.3 is 19.0 Å². The number of halogens is 1. The molecule has 0 aliphatic carbocycles. The number of ether oxygens (including phenoxy) is 2. The summed E-state index contributed by atoms with van der Waals surface area (Å²) in [4.78, 5) is 11.3. The molecule has 2 aromatic carbocycles. The number of carboxylic acid groups (broad SMARTS) is 1. The first kappa shape index (κ1) is 17.2. The average molecular weight is 361 g/mol. The summed E-state index contributed by atoms with van der Waals surface area (Å²) in [6, 6.07) is 10.7. The predicted octanol–water partition coefficient (Wildman–Crippen LogP) is 4.86. The van der Waals surface area contributed by atoms with Gasteiger partial charge in [0.2, 0.25) is 0 Å². The molecule has 1 N–H and O–H groups in total. The lowest BCUT2D eigenvalue weighted by molar-refractivity contribution is 0.0657. The number of aromatic carboxylic acids is 1. The first-order valence-corrected chi connectivity index (χ1v) is 8.12. The number of fused-ring (bicyclic) bond motifs is 1. The van der Waals surface area contributed by atoms with E-state index in [0.29, 0.717) is 16.7 Å². The number of rotatable bonds is 6. The predicted molar refractivity (Wildman–Crippen MR) is 95.1 cm³/mol. The van der Waals surface area contributed by atoms with Crippen LogP contribution in [0, 0.1) is 13.8 Å². The lowest BCUT2D eigenvalue weighted by Gasteiger charge is -2.10. The molecule has 0 aliphatic heterocycles. The fourth-order valence-electron chi connectivity index (χ4n) is 2.60. The summed E-state index contributed by atoms with van der Waals surface area (Å²) < 4.78 is 16.6. The van der Waals surface area contributed by atoms with Crippen molar-refractivity contribution in [1.29, 1.82) is 0 Å². The second kappa shape index (κ2) is 7.07. The van der Waals surface area contributed by atoms with Crippen molar-refractivity contribution >= 4 is 28.5 Å². The molecule has 0 fully saturated rings. The molecule has 0 bridgehead atoms. The van der Waals surface area contributed by atoms with Gasteiger partial charge in [-0.3, -0.25) is 0 Å². The summed E-state index contributed by atoms with van der Waals surface area (Å²) in [7, 11) is 0. The number of carboxylic acids is 1. The van der Waals surface area contributed by atoms with Gasteiger partial charge in [0.05, 0.1) is 5.39 Å². The van der Waals surface area contributed by atoms with Crippen LogP contribution in [0.3, 0.4) is 0 Å². The molecular weight excluding hydrogens is 344 g/mol. The Morgan fingerprint density at radius 3 is 2.44 bits per heavy atom. The van der Waals surface area contributed by atoms with Gasteiger partial charge in [0.25, 0.3) is 5.76 Å². The van der Waals surface area contributed by atoms with E-state index in [1.165, 1.54) is 0 Å². The molecule has 130 valence electrons. The molecule has 6 heteroatoms. The van der Waals surface area contributed by atoms with E-state index in [4.69, 9.17) is 25.5 Å². The van der Waals surface area contributed by atoms with Gasteiger partial charge in [0.1, 0.15) is 24.5 Å². The molecule has 0 atom stereocenters. The van der Waals surface area contributed by atoms with Crippen molar-refractivity contribution in [3.8, 4) is 11.5 Å². The van der Waals surface area contributed by atoms with Crippen LogP contribution in [0.1, 0.15) is 21.7 Å². The topological polar surface area (TPSA) is 68.9 Å². The number of para-hydroxylation sites is 1. The van der Waals surface area contributed by atoms with Gasteiger partial charge in [-0.15, -0.1) is 0 Å². The first-order chi connectivity index (χ1) is 12.0. The maximum Gasteiger partial charge on any atom is 0.375 e. The van der Waals surface area contributed by atoms with E-state index in [-0.39, 0.29) is 24.7 Å². The third-order valence-electron chi connectivity index (χ3n) is 3.75. The van der Waals surface area contributed by atoms with Crippen LogP contribution in [-0.4, -0.2) is 24.3 Å². The molecule has 0 saturated carbocycles. The monoisotopic (exact) mass is 360 g/mol. The first-order valence-electron chi connectivity index (χ1n) is 7.74. The summed E-state index contributed by atoms with van der Waals surface area (Å²) in [5, 5.41) is 10.6. The molecule has 3 rings (SSSR count). The molecule has 0 radical (unpaired) electrons. The van der Waals surface area contributed by atoms with Crippen molar-refractivity contribution in [1.82, 2.24) is 0 Å².